The molecule has 1 saturated heterocycles. The monoisotopic (exact) mass is 635 g/mol. The van der Waals surface area contributed by atoms with Crippen LogP contribution in [0.2, 0.25) is 10.1 Å². The van der Waals surface area contributed by atoms with Gasteiger partial charge in [-0.3, -0.25) is 4.90 Å². The van der Waals surface area contributed by atoms with Gasteiger partial charge in [0.1, 0.15) is 0 Å². The van der Waals surface area contributed by atoms with E-state index in [0.29, 0.717) is 6.04 Å². The molecule has 5 rings (SSSR count). The first kappa shape index (κ1) is 33.6. The Labute approximate surface area is 274 Å². The fourth-order valence-electron chi connectivity index (χ4n) is 7.28. The minimum Gasteiger partial charge on any atom is -0.407 e. The summed E-state index contributed by atoms with van der Waals surface area (Å²) < 4.78 is 14.3. The van der Waals surface area contributed by atoms with Gasteiger partial charge in [0.15, 0.2) is 0 Å². The fraction of sp³-hybridized carbons (Fsp3) is 0.400. The highest BCUT2D eigenvalue weighted by molar-refractivity contribution is 7.00. The molecule has 3 nitrogen and oxygen atoms in total. The SMILES string of the molecule is CC(C)(C)[Si](OCCCCN1CC1CCO[Si](c1ccccc1)(c1ccccc1)C(C)(C)C)(c1ccccc1)c1ccccc1. The molecule has 0 amide bonds. The number of unbranched alkanes of at least 4 members (excludes halogenated alkanes) is 1. The molecule has 5 heteroatoms. The van der Waals surface area contributed by atoms with E-state index in [1.165, 1.54) is 27.3 Å². The summed E-state index contributed by atoms with van der Waals surface area (Å²) in [5.41, 5.74) is 0. The van der Waals surface area contributed by atoms with Crippen molar-refractivity contribution in [2.24, 2.45) is 0 Å². The Morgan fingerprint density at radius 1 is 0.533 bits per heavy atom. The minimum absolute atomic E-state index is 0.0179. The lowest BCUT2D eigenvalue weighted by Gasteiger charge is -2.43. The number of hydrogen-bond donors (Lipinski definition) is 0. The van der Waals surface area contributed by atoms with Crippen LogP contribution in [0.1, 0.15) is 60.8 Å². The van der Waals surface area contributed by atoms with Crippen molar-refractivity contribution in [1.29, 1.82) is 0 Å². The van der Waals surface area contributed by atoms with Crippen LogP contribution in [-0.2, 0) is 8.85 Å². The lowest BCUT2D eigenvalue weighted by Crippen LogP contribution is -2.66. The first-order valence-electron chi connectivity index (χ1n) is 16.8. The first-order chi connectivity index (χ1) is 21.6. The van der Waals surface area contributed by atoms with Gasteiger partial charge in [-0.05, 0) is 56.6 Å². The predicted molar refractivity (Wildman–Crippen MR) is 196 cm³/mol. The molecule has 0 spiro atoms. The van der Waals surface area contributed by atoms with E-state index in [4.69, 9.17) is 8.85 Å². The van der Waals surface area contributed by atoms with Gasteiger partial charge in [-0.15, -0.1) is 0 Å². The molecule has 1 fully saturated rings. The van der Waals surface area contributed by atoms with Crippen LogP contribution in [0.4, 0.5) is 0 Å². The van der Waals surface area contributed by atoms with Crippen molar-refractivity contribution in [3.63, 3.8) is 0 Å². The van der Waals surface area contributed by atoms with Crippen LogP contribution in [0.3, 0.4) is 0 Å². The summed E-state index contributed by atoms with van der Waals surface area (Å²) in [6, 6.07) is 44.6. The maximum Gasteiger partial charge on any atom is 0.261 e. The summed E-state index contributed by atoms with van der Waals surface area (Å²) in [5.74, 6) is 0. The Kier molecular flexibility index (Phi) is 10.7. The molecule has 0 N–H and O–H groups in total. The molecule has 1 heterocycles. The standard InChI is InChI=1S/C40H53NO2Si2/c1-39(2,3)44(35-21-11-7-12-22-35,36-23-13-8-14-24-36)42-31-20-19-30-41-33-34(41)29-32-43-45(40(4,5)6,37-25-15-9-16-26-37)38-27-17-10-18-28-38/h7-18,21-28,34H,19-20,29-33H2,1-6H3. The molecule has 45 heavy (non-hydrogen) atoms. The molecular weight excluding hydrogens is 583 g/mol. The summed E-state index contributed by atoms with van der Waals surface area (Å²) in [6.07, 6.45) is 3.32. The molecule has 0 bridgehead atoms. The zero-order chi connectivity index (χ0) is 32.0. The average molecular weight is 636 g/mol. The van der Waals surface area contributed by atoms with Crippen LogP contribution >= 0.6 is 0 Å². The highest BCUT2D eigenvalue weighted by Gasteiger charge is 2.51. The van der Waals surface area contributed by atoms with Crippen LogP contribution in [0.15, 0.2) is 121 Å². The second-order valence-electron chi connectivity index (χ2n) is 14.7. The lowest BCUT2D eigenvalue weighted by molar-refractivity contribution is 0.274. The zero-order valence-corrected chi connectivity index (χ0v) is 30.3. The van der Waals surface area contributed by atoms with Gasteiger partial charge in [0, 0.05) is 25.8 Å². The Balaban J connectivity index is 1.17. The van der Waals surface area contributed by atoms with Crippen molar-refractivity contribution in [3.8, 4) is 0 Å². The average Bonchev–Trinajstić information content (AvgIpc) is 3.79. The van der Waals surface area contributed by atoms with Gasteiger partial charge in [-0.2, -0.15) is 0 Å². The van der Waals surface area contributed by atoms with Gasteiger partial charge < -0.3 is 8.85 Å². The highest BCUT2D eigenvalue weighted by atomic mass is 28.4. The maximum absolute atomic E-state index is 7.16. The molecule has 0 radical (unpaired) electrons. The Morgan fingerprint density at radius 2 is 0.889 bits per heavy atom. The minimum atomic E-state index is -2.47. The second kappa shape index (κ2) is 14.3. The van der Waals surface area contributed by atoms with Crippen LogP contribution < -0.4 is 20.7 Å². The third-order valence-electron chi connectivity index (χ3n) is 9.59. The van der Waals surface area contributed by atoms with Gasteiger partial charge in [0.25, 0.3) is 16.6 Å². The predicted octanol–water partition coefficient (Wildman–Crippen LogP) is 6.99. The summed E-state index contributed by atoms with van der Waals surface area (Å²) in [4.78, 5) is 2.62. The van der Waals surface area contributed by atoms with E-state index >= 15 is 0 Å². The Morgan fingerprint density at radius 3 is 1.24 bits per heavy atom. The van der Waals surface area contributed by atoms with E-state index in [9.17, 15) is 0 Å². The summed E-state index contributed by atoms with van der Waals surface area (Å²) in [5, 5.41) is 5.47. The largest absolute Gasteiger partial charge is 0.407 e. The van der Waals surface area contributed by atoms with Crippen LogP contribution in [-0.4, -0.2) is 53.9 Å². The first-order valence-corrected chi connectivity index (χ1v) is 20.7. The zero-order valence-electron chi connectivity index (χ0n) is 28.3. The molecule has 0 aliphatic carbocycles. The van der Waals surface area contributed by atoms with E-state index in [1.807, 2.05) is 0 Å². The van der Waals surface area contributed by atoms with Crippen molar-refractivity contribution < 1.29 is 8.85 Å². The molecule has 1 aliphatic heterocycles. The lowest BCUT2D eigenvalue weighted by atomic mass is 10.2. The van der Waals surface area contributed by atoms with E-state index < -0.39 is 16.6 Å². The number of benzene rings is 4. The van der Waals surface area contributed by atoms with Gasteiger partial charge in [-0.1, -0.05) is 163 Å². The molecule has 1 aliphatic rings. The van der Waals surface area contributed by atoms with Gasteiger partial charge in [-0.25, -0.2) is 0 Å². The second-order valence-corrected chi connectivity index (χ2v) is 23.3. The molecule has 4 aromatic carbocycles. The van der Waals surface area contributed by atoms with E-state index in [-0.39, 0.29) is 10.1 Å². The van der Waals surface area contributed by atoms with E-state index in [1.54, 1.807) is 0 Å². The fourth-order valence-corrected chi connectivity index (χ4v) is 16.5. The van der Waals surface area contributed by atoms with Crippen molar-refractivity contribution >= 4 is 37.4 Å². The quantitative estimate of drug-likeness (QED) is 0.0847. The summed E-state index contributed by atoms with van der Waals surface area (Å²) >= 11 is 0. The van der Waals surface area contributed by atoms with Gasteiger partial charge in [0.05, 0.1) is 0 Å². The van der Waals surface area contributed by atoms with Crippen LogP contribution in [0.5, 0.6) is 0 Å². The number of hydrogen-bond acceptors (Lipinski definition) is 3. The molecular formula is C40H53NO2Si2. The molecule has 0 saturated carbocycles. The topological polar surface area (TPSA) is 21.5 Å². The molecule has 238 valence electrons. The summed E-state index contributed by atoms with van der Waals surface area (Å²) in [6.45, 7) is 18.0. The van der Waals surface area contributed by atoms with Crippen LogP contribution in [0, 0.1) is 0 Å². The van der Waals surface area contributed by atoms with E-state index in [2.05, 4.69) is 168 Å². The van der Waals surface area contributed by atoms with Gasteiger partial charge >= 0.3 is 0 Å². The Bertz CT molecular complexity index is 1370. The molecule has 2 atom stereocenters. The van der Waals surface area contributed by atoms with Gasteiger partial charge in [0.2, 0.25) is 0 Å². The molecule has 4 aromatic rings. The Hall–Kier alpha value is -2.81. The third kappa shape index (κ3) is 7.29. The van der Waals surface area contributed by atoms with Crippen LogP contribution in [0.25, 0.3) is 0 Å². The maximum atomic E-state index is 7.16. The third-order valence-corrected chi connectivity index (χ3v) is 19.7. The van der Waals surface area contributed by atoms with Crippen molar-refractivity contribution in [1.82, 2.24) is 4.90 Å². The number of rotatable bonds is 14. The van der Waals surface area contributed by atoms with E-state index in [0.717, 1.165) is 39.0 Å². The highest BCUT2D eigenvalue weighted by Crippen LogP contribution is 2.38. The molecule has 0 aromatic heterocycles. The smallest absolute Gasteiger partial charge is 0.261 e. The molecule has 2 unspecified atom stereocenters. The summed E-state index contributed by atoms with van der Waals surface area (Å²) in [7, 11) is -4.93. The normalized spacial score (nSPS) is 17.3. The van der Waals surface area contributed by atoms with Crippen molar-refractivity contribution in [3.05, 3.63) is 121 Å². The number of nitrogens with zero attached hydrogens (tertiary/aromatic N) is 1. The van der Waals surface area contributed by atoms with Crippen molar-refractivity contribution in [2.75, 3.05) is 26.3 Å². The van der Waals surface area contributed by atoms with Crippen molar-refractivity contribution in [2.45, 2.75) is 76.9 Å².